The molecule has 28 heavy (non-hydrogen) atoms. The van der Waals surface area contributed by atoms with Crippen molar-refractivity contribution in [1.82, 2.24) is 4.98 Å². The largest absolute Gasteiger partial charge is 0.488 e. The number of benzene rings is 2. The first-order valence-electron chi connectivity index (χ1n) is 8.74. The zero-order valence-corrected chi connectivity index (χ0v) is 16.3. The second-order valence-electron chi connectivity index (χ2n) is 6.27. The van der Waals surface area contributed by atoms with Crippen LogP contribution in [0.15, 0.2) is 59.0 Å². The molecule has 0 atom stereocenters. The second-order valence-corrected chi connectivity index (χ2v) is 7.13. The highest BCUT2D eigenvalue weighted by molar-refractivity contribution is 7.14. The smallest absolute Gasteiger partial charge is 0.269 e. The van der Waals surface area contributed by atoms with Crippen LogP contribution in [0.25, 0.3) is 11.3 Å². The lowest BCUT2D eigenvalue weighted by Gasteiger charge is -2.12. The molecule has 0 unspecified atom stereocenters. The first-order valence-corrected chi connectivity index (χ1v) is 9.62. The van der Waals surface area contributed by atoms with Crippen molar-refractivity contribution >= 4 is 28.4 Å². The van der Waals surface area contributed by atoms with Crippen LogP contribution in [-0.2, 0) is 0 Å². The molecule has 2 aromatic carbocycles. The number of rotatable bonds is 8. The zero-order valence-electron chi connectivity index (χ0n) is 15.5. The third-order valence-electron chi connectivity index (χ3n) is 3.98. The molecule has 0 aliphatic rings. The van der Waals surface area contributed by atoms with Crippen molar-refractivity contribution in [2.75, 3.05) is 12.0 Å². The van der Waals surface area contributed by atoms with Crippen molar-refractivity contribution < 1.29 is 9.66 Å². The number of nitro benzene ring substituents is 1. The molecule has 0 radical (unpaired) electrons. The minimum atomic E-state index is -0.422. The van der Waals surface area contributed by atoms with Crippen molar-refractivity contribution in [3.05, 3.63) is 69.6 Å². The van der Waals surface area contributed by atoms with Crippen molar-refractivity contribution in [2.24, 2.45) is 5.10 Å². The molecule has 1 aromatic heterocycles. The standard InChI is InChI=1S/C20H20N4O3S/c1-14(2)17-5-3-4-6-19(17)27-12-11-21-23-20-22-18(13-28-20)15-7-9-16(10-8-15)24(25)26/h3-11,13-14H,12H2,1-2H3,(H,22,23)/b21-11+. The molecular formula is C20H20N4O3S. The van der Waals surface area contributed by atoms with Gasteiger partial charge >= 0.3 is 0 Å². The van der Waals surface area contributed by atoms with Crippen LogP contribution >= 0.6 is 11.3 Å². The summed E-state index contributed by atoms with van der Waals surface area (Å²) >= 11 is 1.40. The van der Waals surface area contributed by atoms with E-state index in [0.717, 1.165) is 22.6 Å². The van der Waals surface area contributed by atoms with E-state index in [4.69, 9.17) is 4.74 Å². The number of aromatic nitrogens is 1. The summed E-state index contributed by atoms with van der Waals surface area (Å²) in [7, 11) is 0. The molecule has 0 fully saturated rings. The Balaban J connectivity index is 1.54. The van der Waals surface area contributed by atoms with E-state index in [-0.39, 0.29) is 5.69 Å². The van der Waals surface area contributed by atoms with E-state index < -0.39 is 4.92 Å². The lowest BCUT2D eigenvalue weighted by molar-refractivity contribution is -0.384. The van der Waals surface area contributed by atoms with Crippen LogP contribution in [0.3, 0.4) is 0 Å². The second kappa shape index (κ2) is 9.09. The Labute approximate surface area is 166 Å². The van der Waals surface area contributed by atoms with Gasteiger partial charge in [0, 0.05) is 23.1 Å². The Bertz CT molecular complexity index is 968. The topological polar surface area (TPSA) is 89.7 Å². The number of hydrogen-bond donors (Lipinski definition) is 1. The van der Waals surface area contributed by atoms with E-state index in [2.05, 4.69) is 35.4 Å². The highest BCUT2D eigenvalue weighted by Crippen LogP contribution is 2.27. The van der Waals surface area contributed by atoms with Gasteiger partial charge in [0.05, 0.1) is 16.8 Å². The molecule has 1 heterocycles. The van der Waals surface area contributed by atoms with Crippen LogP contribution in [0.2, 0.25) is 0 Å². The van der Waals surface area contributed by atoms with Crippen LogP contribution in [0.5, 0.6) is 5.75 Å². The number of nitro groups is 1. The monoisotopic (exact) mass is 396 g/mol. The van der Waals surface area contributed by atoms with Gasteiger partial charge in [0.25, 0.3) is 5.69 Å². The molecule has 1 N–H and O–H groups in total. The summed E-state index contributed by atoms with van der Waals surface area (Å²) in [5.41, 5.74) is 5.64. The zero-order chi connectivity index (χ0) is 19.9. The first-order chi connectivity index (χ1) is 13.5. The summed E-state index contributed by atoms with van der Waals surface area (Å²) in [5, 5.41) is 17.4. The molecule has 0 spiro atoms. The Morgan fingerprint density at radius 2 is 2.00 bits per heavy atom. The highest BCUT2D eigenvalue weighted by Gasteiger charge is 2.08. The third kappa shape index (κ3) is 4.92. The average Bonchev–Trinajstić information content (AvgIpc) is 3.17. The van der Waals surface area contributed by atoms with Crippen molar-refractivity contribution in [3.63, 3.8) is 0 Å². The van der Waals surface area contributed by atoms with E-state index in [0.29, 0.717) is 17.7 Å². The predicted octanol–water partition coefficient (Wildman–Crippen LogP) is 5.32. The minimum Gasteiger partial charge on any atom is -0.488 e. The fourth-order valence-corrected chi connectivity index (χ4v) is 3.23. The van der Waals surface area contributed by atoms with Gasteiger partial charge in [0.15, 0.2) is 0 Å². The highest BCUT2D eigenvalue weighted by atomic mass is 32.1. The van der Waals surface area contributed by atoms with Crippen LogP contribution in [0, 0.1) is 10.1 Å². The van der Waals surface area contributed by atoms with Crippen molar-refractivity contribution in [1.29, 1.82) is 0 Å². The molecule has 8 heteroatoms. The molecule has 0 aliphatic heterocycles. The lowest BCUT2D eigenvalue weighted by atomic mass is 10.0. The van der Waals surface area contributed by atoms with E-state index in [1.807, 2.05) is 23.6 Å². The molecule has 0 saturated carbocycles. The molecule has 0 amide bonds. The van der Waals surface area contributed by atoms with Gasteiger partial charge in [-0.2, -0.15) is 5.10 Å². The molecule has 0 aliphatic carbocycles. The Kier molecular flexibility index (Phi) is 6.33. The summed E-state index contributed by atoms with van der Waals surface area (Å²) in [6, 6.07) is 14.3. The van der Waals surface area contributed by atoms with E-state index >= 15 is 0 Å². The first kappa shape index (κ1) is 19.5. The van der Waals surface area contributed by atoms with Crippen molar-refractivity contribution in [2.45, 2.75) is 19.8 Å². The molecule has 3 rings (SSSR count). The van der Waals surface area contributed by atoms with Crippen LogP contribution < -0.4 is 10.2 Å². The normalized spacial score (nSPS) is 11.1. The Morgan fingerprint density at radius 1 is 1.25 bits per heavy atom. The van der Waals surface area contributed by atoms with Gasteiger partial charge in [-0.3, -0.25) is 15.5 Å². The molecular weight excluding hydrogens is 376 g/mol. The van der Waals surface area contributed by atoms with Crippen molar-refractivity contribution in [3.8, 4) is 17.0 Å². The summed E-state index contributed by atoms with van der Waals surface area (Å²) in [4.78, 5) is 14.7. The number of hydrazone groups is 1. The maximum absolute atomic E-state index is 10.7. The molecule has 3 aromatic rings. The molecule has 144 valence electrons. The van der Waals surface area contributed by atoms with Gasteiger partial charge in [0.1, 0.15) is 12.4 Å². The average molecular weight is 396 g/mol. The number of para-hydroxylation sites is 1. The van der Waals surface area contributed by atoms with Crippen LogP contribution in [0.4, 0.5) is 10.8 Å². The summed E-state index contributed by atoms with van der Waals surface area (Å²) < 4.78 is 5.78. The van der Waals surface area contributed by atoms with Gasteiger partial charge in [-0.15, -0.1) is 11.3 Å². The number of ether oxygens (including phenoxy) is 1. The molecule has 7 nitrogen and oxygen atoms in total. The van der Waals surface area contributed by atoms with Crippen LogP contribution in [-0.4, -0.2) is 22.7 Å². The summed E-state index contributed by atoms with van der Waals surface area (Å²) in [6.45, 7) is 4.60. The number of non-ortho nitro benzene ring substituents is 1. The SMILES string of the molecule is CC(C)c1ccccc1OC/C=N/Nc1nc(-c2ccc([N+](=O)[O-])cc2)cs1. The lowest BCUT2D eigenvalue weighted by Crippen LogP contribution is -2.03. The van der Waals surface area contributed by atoms with E-state index in [1.54, 1.807) is 18.3 Å². The summed E-state index contributed by atoms with van der Waals surface area (Å²) in [6.07, 6.45) is 1.64. The number of anilines is 1. The van der Waals surface area contributed by atoms with Gasteiger partial charge in [-0.1, -0.05) is 32.0 Å². The third-order valence-corrected chi connectivity index (χ3v) is 4.73. The maximum atomic E-state index is 10.7. The fraction of sp³-hybridized carbons (Fsp3) is 0.200. The van der Waals surface area contributed by atoms with E-state index in [9.17, 15) is 10.1 Å². The number of nitrogens with zero attached hydrogens (tertiary/aromatic N) is 3. The minimum absolute atomic E-state index is 0.0565. The molecule has 0 saturated heterocycles. The Hall–Kier alpha value is -3.26. The van der Waals surface area contributed by atoms with Gasteiger partial charge in [-0.05, 0) is 29.7 Å². The van der Waals surface area contributed by atoms with Gasteiger partial charge in [-0.25, -0.2) is 4.98 Å². The summed E-state index contributed by atoms with van der Waals surface area (Å²) in [5.74, 6) is 1.25. The van der Waals surface area contributed by atoms with Gasteiger partial charge in [0.2, 0.25) is 5.13 Å². The number of nitrogens with one attached hydrogen (secondary N) is 1. The molecule has 0 bridgehead atoms. The number of thiazole rings is 1. The van der Waals surface area contributed by atoms with E-state index in [1.165, 1.54) is 23.5 Å². The van der Waals surface area contributed by atoms with Gasteiger partial charge < -0.3 is 4.74 Å². The Morgan fingerprint density at radius 3 is 2.71 bits per heavy atom. The number of hydrogen-bond acceptors (Lipinski definition) is 7. The fourth-order valence-electron chi connectivity index (χ4n) is 2.57. The maximum Gasteiger partial charge on any atom is 0.269 e. The predicted molar refractivity (Wildman–Crippen MR) is 112 cm³/mol. The quantitative estimate of drug-likeness (QED) is 0.316. The van der Waals surface area contributed by atoms with Crippen LogP contribution in [0.1, 0.15) is 25.3 Å².